The fourth-order valence-corrected chi connectivity index (χ4v) is 2.22. The number of rotatable bonds is 3. The molecule has 17 heavy (non-hydrogen) atoms. The van der Waals surface area contributed by atoms with Crippen molar-refractivity contribution in [2.24, 2.45) is 0 Å². The summed E-state index contributed by atoms with van der Waals surface area (Å²) in [5.74, 6) is -0.733. The second-order valence-corrected chi connectivity index (χ2v) is 4.11. The van der Waals surface area contributed by atoms with Gasteiger partial charge < -0.3 is 10.0 Å². The van der Waals surface area contributed by atoms with Crippen LogP contribution in [0.2, 0.25) is 0 Å². The van der Waals surface area contributed by atoms with Crippen LogP contribution in [0.25, 0.3) is 0 Å². The van der Waals surface area contributed by atoms with Crippen LogP contribution in [0.15, 0.2) is 12.1 Å². The van der Waals surface area contributed by atoms with Gasteiger partial charge in [0.25, 0.3) is 0 Å². The largest absolute Gasteiger partial charge is 0.505 e. The third-order valence-corrected chi connectivity index (χ3v) is 3.13. The van der Waals surface area contributed by atoms with E-state index in [-0.39, 0.29) is 35.3 Å². The molecule has 4 nitrogen and oxygen atoms in total. The number of hydrogen-bond donors (Lipinski definition) is 1. The molecule has 5 heteroatoms. The predicted molar refractivity (Wildman–Crippen MR) is 64.9 cm³/mol. The third-order valence-electron chi connectivity index (χ3n) is 2.89. The second-order valence-electron chi connectivity index (χ2n) is 3.84. The van der Waals surface area contributed by atoms with Crippen LogP contribution in [0.5, 0.6) is 5.75 Å². The lowest BCUT2D eigenvalue weighted by Gasteiger charge is -2.17. The molecule has 1 aliphatic heterocycles. The standard InChI is InChI=1S/C12H12ClNO3/c1-2-14-10(16)5-7-3-4-8(9(15)6-13)12(17)11(7)14/h3-4,17H,2,5-6H2,1H3. The molecule has 1 aliphatic rings. The number of nitrogens with zero attached hydrogens (tertiary/aromatic N) is 1. The lowest BCUT2D eigenvalue weighted by molar-refractivity contribution is -0.117. The van der Waals surface area contributed by atoms with Gasteiger partial charge >= 0.3 is 0 Å². The van der Waals surface area contributed by atoms with Gasteiger partial charge in [0.1, 0.15) is 5.75 Å². The van der Waals surface area contributed by atoms with E-state index in [9.17, 15) is 14.7 Å². The average molecular weight is 254 g/mol. The Bertz CT molecular complexity index is 499. The number of halogens is 1. The summed E-state index contributed by atoms with van der Waals surface area (Å²) in [6.07, 6.45) is 0.270. The van der Waals surface area contributed by atoms with E-state index in [0.717, 1.165) is 5.56 Å². The van der Waals surface area contributed by atoms with Gasteiger partial charge in [0.05, 0.1) is 23.6 Å². The zero-order chi connectivity index (χ0) is 12.6. The van der Waals surface area contributed by atoms with Crippen LogP contribution >= 0.6 is 11.6 Å². The Labute approximate surface area is 104 Å². The molecule has 0 unspecified atom stereocenters. The number of amides is 1. The normalized spacial score (nSPS) is 14.0. The number of alkyl halides is 1. The van der Waals surface area contributed by atoms with Crippen molar-refractivity contribution in [3.05, 3.63) is 23.3 Å². The van der Waals surface area contributed by atoms with Gasteiger partial charge in [-0.3, -0.25) is 9.59 Å². The van der Waals surface area contributed by atoms with Gasteiger partial charge in [0, 0.05) is 6.54 Å². The van der Waals surface area contributed by atoms with Crippen LogP contribution in [-0.2, 0) is 11.2 Å². The minimum absolute atomic E-state index is 0.0618. The Morgan fingerprint density at radius 2 is 2.24 bits per heavy atom. The monoisotopic (exact) mass is 253 g/mol. The van der Waals surface area contributed by atoms with Crippen LogP contribution in [0, 0.1) is 0 Å². The van der Waals surface area contributed by atoms with Crippen LogP contribution < -0.4 is 4.90 Å². The van der Waals surface area contributed by atoms with Crippen LogP contribution in [0.3, 0.4) is 0 Å². The molecule has 0 radical (unpaired) electrons. The van der Waals surface area contributed by atoms with Crippen molar-refractivity contribution < 1.29 is 14.7 Å². The first kappa shape index (κ1) is 11.9. The number of likely N-dealkylation sites (N-methyl/N-ethyl adjacent to an activating group) is 1. The van der Waals surface area contributed by atoms with Gasteiger partial charge in [-0.25, -0.2) is 0 Å². The zero-order valence-corrected chi connectivity index (χ0v) is 10.1. The number of aromatic hydroxyl groups is 1. The maximum atomic E-state index is 11.7. The number of ketones is 1. The highest BCUT2D eigenvalue weighted by Gasteiger charge is 2.30. The maximum absolute atomic E-state index is 11.7. The van der Waals surface area contributed by atoms with E-state index in [1.807, 2.05) is 6.92 Å². The number of carbonyl (C=O) groups is 2. The highest BCUT2D eigenvalue weighted by molar-refractivity contribution is 6.31. The number of fused-ring (bicyclic) bond motifs is 1. The molecule has 0 aromatic heterocycles. The molecule has 0 spiro atoms. The molecule has 0 atom stereocenters. The number of anilines is 1. The Hall–Kier alpha value is -1.55. The van der Waals surface area contributed by atoms with Crippen molar-refractivity contribution in [1.82, 2.24) is 0 Å². The van der Waals surface area contributed by atoms with Gasteiger partial charge in [-0.1, -0.05) is 6.07 Å². The first-order chi connectivity index (χ1) is 8.10. The minimum Gasteiger partial charge on any atom is -0.505 e. The maximum Gasteiger partial charge on any atom is 0.231 e. The summed E-state index contributed by atoms with van der Waals surface area (Å²) in [6.45, 7) is 2.29. The van der Waals surface area contributed by atoms with E-state index in [0.29, 0.717) is 12.2 Å². The molecule has 0 saturated heterocycles. The van der Waals surface area contributed by atoms with Gasteiger partial charge in [-0.05, 0) is 18.6 Å². The summed E-state index contributed by atoms with van der Waals surface area (Å²) in [5.41, 5.74) is 1.38. The third kappa shape index (κ3) is 1.78. The number of Topliss-reactive ketones (excluding diaryl/α,β-unsaturated/α-hetero) is 1. The fraction of sp³-hybridized carbons (Fsp3) is 0.333. The number of phenols is 1. The van der Waals surface area contributed by atoms with E-state index < -0.39 is 0 Å². The summed E-state index contributed by atoms with van der Waals surface area (Å²) < 4.78 is 0. The quantitative estimate of drug-likeness (QED) is 0.659. The molecule has 1 aromatic rings. The second kappa shape index (κ2) is 4.37. The summed E-state index contributed by atoms with van der Waals surface area (Å²) in [7, 11) is 0. The Morgan fingerprint density at radius 1 is 1.53 bits per heavy atom. The minimum atomic E-state index is -0.345. The molecule has 1 N–H and O–H groups in total. The molecule has 90 valence electrons. The fourth-order valence-electron chi connectivity index (χ4n) is 2.08. The Morgan fingerprint density at radius 3 is 2.82 bits per heavy atom. The molecule has 0 saturated carbocycles. The lowest BCUT2D eigenvalue weighted by atomic mass is 10.0. The van der Waals surface area contributed by atoms with Gasteiger partial charge in [0.15, 0.2) is 5.78 Å². The lowest BCUT2D eigenvalue weighted by Crippen LogP contribution is -2.26. The Balaban J connectivity index is 2.56. The molecule has 1 heterocycles. The summed E-state index contributed by atoms with van der Waals surface area (Å²) in [5, 5.41) is 10.1. The van der Waals surface area contributed by atoms with Crippen molar-refractivity contribution in [1.29, 1.82) is 0 Å². The van der Waals surface area contributed by atoms with Crippen LogP contribution in [0.4, 0.5) is 5.69 Å². The van der Waals surface area contributed by atoms with Crippen LogP contribution in [0.1, 0.15) is 22.8 Å². The molecular weight excluding hydrogens is 242 g/mol. The van der Waals surface area contributed by atoms with Crippen molar-refractivity contribution >= 4 is 29.0 Å². The topological polar surface area (TPSA) is 57.6 Å². The summed E-state index contributed by atoms with van der Waals surface area (Å²) >= 11 is 5.47. The summed E-state index contributed by atoms with van der Waals surface area (Å²) in [4.78, 5) is 24.7. The van der Waals surface area contributed by atoms with E-state index in [1.54, 1.807) is 6.07 Å². The molecular formula is C12H12ClNO3. The zero-order valence-electron chi connectivity index (χ0n) is 9.36. The van der Waals surface area contributed by atoms with Crippen molar-refractivity contribution in [3.63, 3.8) is 0 Å². The first-order valence-electron chi connectivity index (χ1n) is 5.34. The molecule has 1 aromatic carbocycles. The van der Waals surface area contributed by atoms with Crippen molar-refractivity contribution in [2.45, 2.75) is 13.3 Å². The van der Waals surface area contributed by atoms with Crippen molar-refractivity contribution in [3.8, 4) is 5.75 Å². The SMILES string of the molecule is CCN1C(=O)Cc2ccc(C(=O)CCl)c(O)c21. The van der Waals surface area contributed by atoms with E-state index >= 15 is 0 Å². The van der Waals surface area contributed by atoms with Gasteiger partial charge in [-0.2, -0.15) is 0 Å². The van der Waals surface area contributed by atoms with Gasteiger partial charge in [0.2, 0.25) is 5.91 Å². The molecule has 1 amide bonds. The number of hydrogen-bond acceptors (Lipinski definition) is 3. The smallest absolute Gasteiger partial charge is 0.231 e. The highest BCUT2D eigenvalue weighted by Crippen LogP contribution is 2.39. The predicted octanol–water partition coefficient (Wildman–Crippen LogP) is 1.72. The van der Waals surface area contributed by atoms with E-state index in [1.165, 1.54) is 11.0 Å². The summed E-state index contributed by atoms with van der Waals surface area (Å²) in [6, 6.07) is 3.22. The number of benzene rings is 1. The average Bonchev–Trinajstić information content (AvgIpc) is 2.65. The molecule has 0 aliphatic carbocycles. The highest BCUT2D eigenvalue weighted by atomic mass is 35.5. The van der Waals surface area contributed by atoms with Crippen LogP contribution in [-0.4, -0.2) is 29.2 Å². The van der Waals surface area contributed by atoms with Gasteiger partial charge in [-0.15, -0.1) is 11.6 Å². The molecule has 0 fully saturated rings. The number of phenolic OH excluding ortho intramolecular Hbond substituents is 1. The first-order valence-corrected chi connectivity index (χ1v) is 5.88. The molecule has 2 rings (SSSR count). The van der Waals surface area contributed by atoms with Crippen molar-refractivity contribution in [2.75, 3.05) is 17.3 Å². The van der Waals surface area contributed by atoms with E-state index in [4.69, 9.17) is 11.6 Å². The Kier molecular flexibility index (Phi) is 3.07. The van der Waals surface area contributed by atoms with E-state index in [2.05, 4.69) is 0 Å². The number of carbonyl (C=O) groups excluding carboxylic acids is 2. The molecule has 0 bridgehead atoms.